The quantitative estimate of drug-likeness (QED) is 0.921. The van der Waals surface area contributed by atoms with Crippen molar-refractivity contribution in [3.8, 4) is 0 Å². The number of fused-ring (bicyclic) bond motifs is 1. The highest BCUT2D eigenvalue weighted by Crippen LogP contribution is 2.26. The van der Waals surface area contributed by atoms with Crippen LogP contribution < -0.4 is 0 Å². The third-order valence-electron chi connectivity index (χ3n) is 3.30. The SMILES string of the molecule is CCN(CC(C)C(=O)O)C(=O)c1csc2ccccc12. The topological polar surface area (TPSA) is 57.6 Å². The standard InChI is InChI=1S/C15H17NO3S/c1-3-16(8-10(2)15(18)19)14(17)12-9-20-13-7-5-4-6-11(12)13/h4-7,9-10H,3,8H2,1-2H3,(H,18,19). The average molecular weight is 291 g/mol. The number of carboxylic acid groups (broad SMARTS) is 1. The Hall–Kier alpha value is -1.88. The first kappa shape index (κ1) is 14.5. The van der Waals surface area contributed by atoms with Crippen molar-refractivity contribution in [3.05, 3.63) is 35.2 Å². The van der Waals surface area contributed by atoms with Crippen molar-refractivity contribution in [2.24, 2.45) is 5.92 Å². The Morgan fingerprint density at radius 1 is 1.35 bits per heavy atom. The van der Waals surface area contributed by atoms with E-state index in [1.807, 2.05) is 36.6 Å². The molecule has 0 fully saturated rings. The van der Waals surface area contributed by atoms with Crippen LogP contribution in [0.4, 0.5) is 0 Å². The lowest BCUT2D eigenvalue weighted by Crippen LogP contribution is -2.36. The minimum Gasteiger partial charge on any atom is -0.481 e. The fourth-order valence-electron chi connectivity index (χ4n) is 2.08. The van der Waals surface area contributed by atoms with Gasteiger partial charge in [0.05, 0.1) is 11.5 Å². The first-order chi connectivity index (χ1) is 9.54. The summed E-state index contributed by atoms with van der Waals surface area (Å²) in [6.07, 6.45) is 0. The first-order valence-electron chi connectivity index (χ1n) is 6.53. The van der Waals surface area contributed by atoms with Crippen LogP contribution in [0.3, 0.4) is 0 Å². The Labute approximate surface area is 121 Å². The molecule has 0 aliphatic carbocycles. The summed E-state index contributed by atoms with van der Waals surface area (Å²) in [5, 5.41) is 11.8. The number of nitrogens with zero attached hydrogens (tertiary/aromatic N) is 1. The normalized spacial score (nSPS) is 12.3. The molecule has 1 aromatic heterocycles. The van der Waals surface area contributed by atoms with Gasteiger partial charge in [-0.05, 0) is 13.0 Å². The molecule has 1 N–H and O–H groups in total. The van der Waals surface area contributed by atoms with Crippen molar-refractivity contribution >= 4 is 33.3 Å². The van der Waals surface area contributed by atoms with Gasteiger partial charge in [-0.1, -0.05) is 25.1 Å². The van der Waals surface area contributed by atoms with E-state index in [1.165, 1.54) is 11.3 Å². The van der Waals surface area contributed by atoms with E-state index in [0.717, 1.165) is 10.1 Å². The van der Waals surface area contributed by atoms with Gasteiger partial charge in [0.1, 0.15) is 0 Å². The Morgan fingerprint density at radius 2 is 2.05 bits per heavy atom. The summed E-state index contributed by atoms with van der Waals surface area (Å²) in [5.41, 5.74) is 0.657. The molecule has 0 aliphatic rings. The van der Waals surface area contributed by atoms with Crippen LogP contribution in [0.2, 0.25) is 0 Å². The minimum absolute atomic E-state index is 0.0990. The molecular weight excluding hydrogens is 274 g/mol. The van der Waals surface area contributed by atoms with E-state index < -0.39 is 11.9 Å². The van der Waals surface area contributed by atoms with Crippen molar-refractivity contribution in [2.45, 2.75) is 13.8 Å². The number of carbonyl (C=O) groups is 2. The molecule has 5 heteroatoms. The third kappa shape index (κ3) is 2.82. The summed E-state index contributed by atoms with van der Waals surface area (Å²) in [5.74, 6) is -1.55. The number of amides is 1. The van der Waals surface area contributed by atoms with Gasteiger partial charge in [-0.25, -0.2) is 0 Å². The zero-order valence-electron chi connectivity index (χ0n) is 11.5. The number of hydrogen-bond acceptors (Lipinski definition) is 3. The average Bonchev–Trinajstić information content (AvgIpc) is 2.87. The Balaban J connectivity index is 2.26. The van der Waals surface area contributed by atoms with Crippen molar-refractivity contribution in [1.29, 1.82) is 0 Å². The van der Waals surface area contributed by atoms with Crippen LogP contribution in [0.15, 0.2) is 29.6 Å². The van der Waals surface area contributed by atoms with Crippen LogP contribution in [-0.2, 0) is 4.79 Å². The Bertz CT molecular complexity index is 635. The number of carboxylic acids is 1. The molecular formula is C15H17NO3S. The molecule has 1 atom stereocenters. The molecule has 1 unspecified atom stereocenters. The molecule has 1 heterocycles. The van der Waals surface area contributed by atoms with Gasteiger partial charge in [-0.2, -0.15) is 0 Å². The minimum atomic E-state index is -0.883. The second-order valence-corrected chi connectivity index (χ2v) is 5.64. The van der Waals surface area contributed by atoms with Gasteiger partial charge in [-0.3, -0.25) is 9.59 Å². The fourth-order valence-corrected chi connectivity index (χ4v) is 3.01. The van der Waals surface area contributed by atoms with E-state index in [4.69, 9.17) is 5.11 Å². The zero-order chi connectivity index (χ0) is 14.7. The predicted molar refractivity (Wildman–Crippen MR) is 80.2 cm³/mol. The first-order valence-corrected chi connectivity index (χ1v) is 7.40. The van der Waals surface area contributed by atoms with Gasteiger partial charge in [0.15, 0.2) is 0 Å². The van der Waals surface area contributed by atoms with Crippen molar-refractivity contribution < 1.29 is 14.7 Å². The molecule has 4 nitrogen and oxygen atoms in total. The van der Waals surface area contributed by atoms with E-state index in [-0.39, 0.29) is 12.5 Å². The van der Waals surface area contributed by atoms with Gasteiger partial charge in [0, 0.05) is 28.6 Å². The van der Waals surface area contributed by atoms with Gasteiger partial charge < -0.3 is 10.0 Å². The lowest BCUT2D eigenvalue weighted by molar-refractivity contribution is -0.141. The monoisotopic (exact) mass is 291 g/mol. The lowest BCUT2D eigenvalue weighted by atomic mass is 10.1. The van der Waals surface area contributed by atoms with Crippen LogP contribution in [0.25, 0.3) is 10.1 Å². The molecule has 2 aromatic rings. The van der Waals surface area contributed by atoms with Crippen molar-refractivity contribution in [1.82, 2.24) is 4.90 Å². The van der Waals surface area contributed by atoms with E-state index in [2.05, 4.69) is 0 Å². The lowest BCUT2D eigenvalue weighted by Gasteiger charge is -2.22. The molecule has 0 saturated carbocycles. The van der Waals surface area contributed by atoms with E-state index >= 15 is 0 Å². The second kappa shape index (κ2) is 6.05. The summed E-state index contributed by atoms with van der Waals surface area (Å²) in [6.45, 7) is 4.21. The molecule has 0 radical (unpaired) electrons. The molecule has 106 valence electrons. The van der Waals surface area contributed by atoms with Crippen LogP contribution in [0.5, 0.6) is 0 Å². The highest BCUT2D eigenvalue weighted by Gasteiger charge is 2.22. The molecule has 0 spiro atoms. The van der Waals surface area contributed by atoms with Crippen LogP contribution in [0.1, 0.15) is 24.2 Å². The highest BCUT2D eigenvalue weighted by molar-refractivity contribution is 7.17. The molecule has 0 bridgehead atoms. The second-order valence-electron chi connectivity index (χ2n) is 4.73. The number of benzene rings is 1. The number of carbonyl (C=O) groups excluding carboxylic acids is 1. The largest absolute Gasteiger partial charge is 0.481 e. The molecule has 0 saturated heterocycles. The van der Waals surface area contributed by atoms with Gasteiger partial charge in [0.2, 0.25) is 0 Å². The zero-order valence-corrected chi connectivity index (χ0v) is 12.3. The predicted octanol–water partition coefficient (Wildman–Crippen LogP) is 3.08. The number of thiophene rings is 1. The van der Waals surface area contributed by atoms with Crippen LogP contribution >= 0.6 is 11.3 Å². The molecule has 1 aromatic carbocycles. The summed E-state index contributed by atoms with van der Waals surface area (Å²) >= 11 is 1.53. The smallest absolute Gasteiger partial charge is 0.308 e. The summed E-state index contributed by atoms with van der Waals surface area (Å²) in [6, 6.07) is 7.75. The molecule has 20 heavy (non-hydrogen) atoms. The van der Waals surface area contributed by atoms with Crippen LogP contribution in [0, 0.1) is 5.92 Å². The van der Waals surface area contributed by atoms with Crippen molar-refractivity contribution in [3.63, 3.8) is 0 Å². The van der Waals surface area contributed by atoms with E-state index in [9.17, 15) is 9.59 Å². The van der Waals surface area contributed by atoms with Crippen molar-refractivity contribution in [2.75, 3.05) is 13.1 Å². The fraction of sp³-hybridized carbons (Fsp3) is 0.333. The maximum absolute atomic E-state index is 12.5. The highest BCUT2D eigenvalue weighted by atomic mass is 32.1. The van der Waals surface area contributed by atoms with Gasteiger partial charge in [-0.15, -0.1) is 11.3 Å². The number of aliphatic carboxylic acids is 1. The maximum atomic E-state index is 12.5. The molecule has 2 rings (SSSR count). The van der Waals surface area contributed by atoms with Crippen LogP contribution in [-0.4, -0.2) is 35.0 Å². The van der Waals surface area contributed by atoms with Gasteiger partial charge >= 0.3 is 5.97 Å². The molecule has 0 aliphatic heterocycles. The summed E-state index contributed by atoms with van der Waals surface area (Å²) in [4.78, 5) is 25.1. The number of hydrogen-bond donors (Lipinski definition) is 1. The van der Waals surface area contributed by atoms with Gasteiger partial charge in [0.25, 0.3) is 5.91 Å². The van der Waals surface area contributed by atoms with E-state index in [1.54, 1.807) is 11.8 Å². The maximum Gasteiger partial charge on any atom is 0.308 e. The Morgan fingerprint density at radius 3 is 2.70 bits per heavy atom. The third-order valence-corrected chi connectivity index (χ3v) is 4.26. The summed E-state index contributed by atoms with van der Waals surface area (Å²) in [7, 11) is 0. The number of rotatable bonds is 5. The van der Waals surface area contributed by atoms with E-state index in [0.29, 0.717) is 12.1 Å². The molecule has 1 amide bonds. The Kier molecular flexibility index (Phi) is 4.39. The summed E-state index contributed by atoms with van der Waals surface area (Å²) < 4.78 is 1.07.